The zero-order valence-corrected chi connectivity index (χ0v) is 27.5. The minimum atomic E-state index is -4.23. The van der Waals surface area contributed by atoms with Gasteiger partial charge in [0.1, 0.15) is 18.3 Å². The Morgan fingerprint density at radius 3 is 2.28 bits per heavy atom. The maximum atomic E-state index is 14.3. The van der Waals surface area contributed by atoms with E-state index < -0.39 is 28.5 Å². The smallest absolute Gasteiger partial charge is 0.264 e. The highest BCUT2D eigenvalue weighted by molar-refractivity contribution is 7.98. The third-order valence-electron chi connectivity index (χ3n) is 6.87. The molecule has 3 aromatic rings. The molecule has 0 aliphatic rings. The summed E-state index contributed by atoms with van der Waals surface area (Å²) in [5, 5.41) is 3.37. The maximum absolute atomic E-state index is 14.3. The summed E-state index contributed by atoms with van der Waals surface area (Å²) in [5.74, 6) is -0.523. The Kier molecular flexibility index (Phi) is 13.2. The lowest BCUT2D eigenvalue weighted by atomic mass is 10.1. The van der Waals surface area contributed by atoms with Crippen molar-refractivity contribution in [3.63, 3.8) is 0 Å². The first-order valence-electron chi connectivity index (χ1n) is 14.4. The van der Waals surface area contributed by atoms with Crippen molar-refractivity contribution in [1.82, 2.24) is 10.2 Å². The number of benzene rings is 3. The summed E-state index contributed by atoms with van der Waals surface area (Å²) >= 11 is 7.97. The highest BCUT2D eigenvalue weighted by Gasteiger charge is 2.35. The Balaban J connectivity index is 2.10. The van der Waals surface area contributed by atoms with Gasteiger partial charge in [0.05, 0.1) is 17.2 Å². The summed E-state index contributed by atoms with van der Waals surface area (Å²) in [6, 6.07) is 19.5. The third-order valence-corrected chi connectivity index (χ3v) is 9.76. The number of anilines is 1. The molecule has 0 aromatic heterocycles. The van der Waals surface area contributed by atoms with E-state index >= 15 is 0 Å². The molecular weight excluding hydrogens is 606 g/mol. The molecule has 0 radical (unpaired) electrons. The quantitative estimate of drug-likeness (QED) is 0.143. The van der Waals surface area contributed by atoms with Crippen LogP contribution in [0.4, 0.5) is 5.69 Å². The third kappa shape index (κ3) is 8.90. The number of nitrogens with zero attached hydrogens (tertiary/aromatic N) is 2. The summed E-state index contributed by atoms with van der Waals surface area (Å²) in [6.07, 6.45) is 3.94. The minimum absolute atomic E-state index is 0.0294. The van der Waals surface area contributed by atoms with Crippen LogP contribution in [0.1, 0.15) is 45.6 Å². The van der Waals surface area contributed by atoms with Crippen LogP contribution in [-0.2, 0) is 26.2 Å². The number of nitrogens with one attached hydrogen (secondary N) is 1. The molecule has 0 bridgehead atoms. The zero-order chi connectivity index (χ0) is 31.4. The molecule has 0 aliphatic heterocycles. The van der Waals surface area contributed by atoms with E-state index in [1.165, 1.54) is 28.8 Å². The molecule has 0 aliphatic carbocycles. The number of amides is 2. The van der Waals surface area contributed by atoms with Crippen LogP contribution >= 0.6 is 23.4 Å². The molecule has 0 saturated heterocycles. The van der Waals surface area contributed by atoms with E-state index in [0.717, 1.165) is 22.0 Å². The van der Waals surface area contributed by atoms with Gasteiger partial charge >= 0.3 is 0 Å². The number of unbranched alkanes of at least 4 members (excludes halogenated alkanes) is 1. The number of carbonyl (C=O) groups excluding carboxylic acids is 2. The molecule has 0 saturated carbocycles. The molecule has 0 fully saturated rings. The molecule has 43 heavy (non-hydrogen) atoms. The minimum Gasteiger partial charge on any atom is -0.492 e. The van der Waals surface area contributed by atoms with Crippen LogP contribution in [0.25, 0.3) is 0 Å². The van der Waals surface area contributed by atoms with Gasteiger partial charge < -0.3 is 15.0 Å². The Hall–Kier alpha value is -3.21. The summed E-state index contributed by atoms with van der Waals surface area (Å²) in [7, 11) is -4.23. The molecule has 1 N–H and O–H groups in total. The van der Waals surface area contributed by atoms with Gasteiger partial charge in [0.15, 0.2) is 0 Å². The molecule has 1 atom stereocenters. The SMILES string of the molecule is CCCCNC(=O)[C@H](CC)N(Cc1ccccc1Cl)C(=O)CN(c1ccccc1OCC)S(=O)(=O)c1ccc(SC)cc1. The first-order valence-corrected chi connectivity index (χ1v) is 17.4. The van der Waals surface area contributed by atoms with E-state index in [2.05, 4.69) is 5.32 Å². The lowest BCUT2D eigenvalue weighted by Crippen LogP contribution is -2.52. The van der Waals surface area contributed by atoms with Gasteiger partial charge in [0.2, 0.25) is 11.8 Å². The number of rotatable bonds is 16. The Bertz CT molecular complexity index is 1470. The Labute approximate surface area is 264 Å². The molecule has 3 aromatic carbocycles. The second-order valence-corrected chi connectivity index (χ2v) is 12.9. The predicted octanol–water partition coefficient (Wildman–Crippen LogP) is 6.38. The van der Waals surface area contributed by atoms with Crippen molar-refractivity contribution in [3.8, 4) is 5.75 Å². The van der Waals surface area contributed by atoms with Crippen LogP contribution in [0, 0.1) is 0 Å². The number of hydrogen-bond donors (Lipinski definition) is 1. The zero-order valence-electron chi connectivity index (χ0n) is 25.1. The number of ether oxygens (including phenoxy) is 1. The van der Waals surface area contributed by atoms with Gasteiger partial charge in [-0.15, -0.1) is 11.8 Å². The Morgan fingerprint density at radius 1 is 0.977 bits per heavy atom. The van der Waals surface area contributed by atoms with Crippen molar-refractivity contribution in [2.45, 2.75) is 62.4 Å². The van der Waals surface area contributed by atoms with Crippen LogP contribution in [-0.4, -0.2) is 57.1 Å². The highest BCUT2D eigenvalue weighted by atomic mass is 35.5. The standard InChI is InChI=1S/C32H40ClN3O5S2/c1-5-8-21-34-32(38)28(6-2)35(22-24-13-9-10-14-27(24)33)31(37)23-36(29-15-11-12-16-30(29)41-7-3)43(39,40)26-19-17-25(42-4)18-20-26/h9-20,28H,5-8,21-23H2,1-4H3,(H,34,38)/t28-/m0/s1. The molecule has 2 amide bonds. The van der Waals surface area contributed by atoms with Crippen LogP contribution in [0.15, 0.2) is 82.6 Å². The number of hydrogen-bond acceptors (Lipinski definition) is 6. The lowest BCUT2D eigenvalue weighted by molar-refractivity contribution is -0.140. The van der Waals surface area contributed by atoms with Gasteiger partial charge in [-0.2, -0.15) is 0 Å². The van der Waals surface area contributed by atoms with E-state index in [0.29, 0.717) is 35.9 Å². The van der Waals surface area contributed by atoms with E-state index in [9.17, 15) is 18.0 Å². The largest absolute Gasteiger partial charge is 0.492 e. The van der Waals surface area contributed by atoms with Crippen molar-refractivity contribution in [1.29, 1.82) is 0 Å². The second-order valence-electron chi connectivity index (χ2n) is 9.77. The summed E-state index contributed by atoms with van der Waals surface area (Å²) in [6.45, 7) is 5.91. The van der Waals surface area contributed by atoms with Gasteiger partial charge in [0, 0.05) is 23.0 Å². The number of carbonyl (C=O) groups is 2. The van der Waals surface area contributed by atoms with E-state index in [4.69, 9.17) is 16.3 Å². The van der Waals surface area contributed by atoms with Crippen LogP contribution in [0.3, 0.4) is 0 Å². The van der Waals surface area contributed by atoms with Gasteiger partial charge in [-0.25, -0.2) is 8.42 Å². The fourth-order valence-corrected chi connectivity index (χ4v) is 6.59. The fourth-order valence-electron chi connectivity index (χ4n) is 4.56. The van der Waals surface area contributed by atoms with Crippen molar-refractivity contribution in [2.24, 2.45) is 0 Å². The average Bonchev–Trinajstić information content (AvgIpc) is 3.01. The number of para-hydroxylation sites is 2. The van der Waals surface area contributed by atoms with Gasteiger partial charge in [-0.1, -0.05) is 62.2 Å². The van der Waals surface area contributed by atoms with Gasteiger partial charge in [0.25, 0.3) is 10.0 Å². The monoisotopic (exact) mass is 645 g/mol. The second kappa shape index (κ2) is 16.6. The highest BCUT2D eigenvalue weighted by Crippen LogP contribution is 2.33. The maximum Gasteiger partial charge on any atom is 0.264 e. The molecule has 0 heterocycles. The van der Waals surface area contributed by atoms with E-state index in [1.807, 2.05) is 20.1 Å². The van der Waals surface area contributed by atoms with Gasteiger partial charge in [-0.05, 0) is 74.0 Å². The van der Waals surface area contributed by atoms with Crippen molar-refractivity contribution in [3.05, 3.63) is 83.4 Å². The first kappa shape index (κ1) is 34.3. The Morgan fingerprint density at radius 2 is 1.65 bits per heavy atom. The molecule has 0 spiro atoms. The average molecular weight is 646 g/mol. The molecule has 3 rings (SSSR count). The first-order chi connectivity index (χ1) is 20.7. The van der Waals surface area contributed by atoms with Crippen molar-refractivity contribution >= 4 is 50.9 Å². The van der Waals surface area contributed by atoms with Crippen LogP contribution in [0.2, 0.25) is 5.02 Å². The normalized spacial score (nSPS) is 11.9. The lowest BCUT2D eigenvalue weighted by Gasteiger charge is -2.33. The van der Waals surface area contributed by atoms with E-state index in [-0.39, 0.29) is 23.0 Å². The fraction of sp³-hybridized carbons (Fsp3) is 0.375. The molecular formula is C32H40ClN3O5S2. The van der Waals surface area contributed by atoms with Crippen LogP contribution in [0.5, 0.6) is 5.75 Å². The van der Waals surface area contributed by atoms with Crippen LogP contribution < -0.4 is 14.4 Å². The molecule has 0 unspecified atom stereocenters. The topological polar surface area (TPSA) is 96.0 Å². The molecule has 8 nitrogen and oxygen atoms in total. The summed E-state index contributed by atoms with van der Waals surface area (Å²) in [4.78, 5) is 30.0. The number of sulfonamides is 1. The molecule has 232 valence electrons. The molecule has 11 heteroatoms. The van der Waals surface area contributed by atoms with Gasteiger partial charge in [-0.3, -0.25) is 13.9 Å². The number of thioether (sulfide) groups is 1. The summed E-state index contributed by atoms with van der Waals surface area (Å²) in [5.41, 5.74) is 0.874. The van der Waals surface area contributed by atoms with E-state index in [1.54, 1.807) is 67.6 Å². The summed E-state index contributed by atoms with van der Waals surface area (Å²) < 4.78 is 35.2. The predicted molar refractivity (Wildman–Crippen MR) is 174 cm³/mol. The van der Waals surface area contributed by atoms with Crippen molar-refractivity contribution < 1.29 is 22.7 Å². The van der Waals surface area contributed by atoms with Crippen molar-refractivity contribution in [2.75, 3.05) is 30.3 Å². The number of halogens is 1.